The number of unbranched alkanes of at least 4 members (excludes halogenated alkanes) is 44. The first kappa shape index (κ1) is 78.2. The molecule has 1 fully saturated rings. The van der Waals surface area contributed by atoms with Crippen molar-refractivity contribution in [2.75, 3.05) is 13.2 Å². The van der Waals surface area contributed by atoms with Gasteiger partial charge in [0.25, 0.3) is 0 Å². The van der Waals surface area contributed by atoms with Crippen LogP contribution < -0.4 is 0 Å². The van der Waals surface area contributed by atoms with Gasteiger partial charge in [-0.15, -0.1) is 0 Å². The molecule has 0 amide bonds. The van der Waals surface area contributed by atoms with Gasteiger partial charge in [0.05, 0.1) is 6.61 Å². The molecule has 83 heavy (non-hydrogen) atoms. The van der Waals surface area contributed by atoms with Crippen LogP contribution in [0.15, 0.2) is 24.3 Å². The van der Waals surface area contributed by atoms with Crippen molar-refractivity contribution in [1.29, 1.82) is 0 Å². The van der Waals surface area contributed by atoms with E-state index in [4.69, 9.17) is 23.7 Å². The summed E-state index contributed by atoms with van der Waals surface area (Å²) in [5.41, 5.74) is 0. The first-order valence-corrected chi connectivity index (χ1v) is 35.3. The molecule has 0 radical (unpaired) electrons. The van der Waals surface area contributed by atoms with Crippen LogP contribution in [0.25, 0.3) is 0 Å². The van der Waals surface area contributed by atoms with E-state index < -0.39 is 67.3 Å². The highest BCUT2D eigenvalue weighted by Gasteiger charge is 2.50. The molecular weight excluding hydrogens is 1040 g/mol. The molecule has 12 nitrogen and oxygen atoms in total. The molecule has 1 aliphatic rings. The van der Waals surface area contributed by atoms with Crippen molar-refractivity contribution in [3.63, 3.8) is 0 Å². The maximum absolute atomic E-state index is 13.2. The Morgan fingerprint density at radius 3 is 1.11 bits per heavy atom. The second-order valence-electron chi connectivity index (χ2n) is 24.5. The van der Waals surface area contributed by atoms with E-state index in [-0.39, 0.29) is 25.9 Å². The lowest BCUT2D eigenvalue weighted by Gasteiger charge is -2.40. The van der Waals surface area contributed by atoms with E-state index in [1.54, 1.807) is 0 Å². The Morgan fingerprint density at radius 2 is 0.723 bits per heavy atom. The van der Waals surface area contributed by atoms with Crippen LogP contribution >= 0.6 is 0 Å². The number of esters is 3. The molecule has 0 saturated carbocycles. The molecule has 0 bridgehead atoms. The van der Waals surface area contributed by atoms with E-state index in [2.05, 4.69) is 45.1 Å². The second-order valence-corrected chi connectivity index (χ2v) is 24.5. The summed E-state index contributed by atoms with van der Waals surface area (Å²) >= 11 is 0. The standard InChI is InChI=1S/C71H130O12/c1-4-7-10-13-16-19-22-25-28-31-32-35-36-39-42-45-48-51-54-57-63(72)79-60-62(81-64(73)58-55-52-49-46-43-40-37-33-29-26-23-20-17-14-11-8-5-2)61-80-71-69(67(76)66(75)68(83-71)70(77)78)82-65(74)59-56-53-50-47-44-41-38-34-30-27-24-21-18-15-12-9-6-3/h17,20,26,29,62,66-69,71,75-76H,4-16,18-19,21-25,27-28,30-61H2,1-3H3,(H,77,78)/b20-17-,29-26-. The summed E-state index contributed by atoms with van der Waals surface area (Å²) in [5, 5.41) is 31.7. The van der Waals surface area contributed by atoms with E-state index in [1.807, 2.05) is 0 Å². The van der Waals surface area contributed by atoms with E-state index in [0.29, 0.717) is 19.3 Å². The third kappa shape index (κ3) is 48.9. The summed E-state index contributed by atoms with van der Waals surface area (Å²) in [6, 6.07) is 0. The number of allylic oxidation sites excluding steroid dienone is 4. The zero-order chi connectivity index (χ0) is 60.3. The number of hydrogen-bond donors (Lipinski definition) is 3. The Hall–Kier alpha value is -2.80. The number of carboxylic acids is 1. The topological polar surface area (TPSA) is 175 Å². The molecule has 6 atom stereocenters. The SMILES string of the molecule is CCCCC/C=C\C/C=C\CCCCCCCCCC(=O)OC(COC(=O)CCCCCCCCCCCCCCCCCCCCC)COC1OC(C(=O)O)C(O)C(O)C1OC(=O)CCCCCCCCCCCCCCCCCCC. The summed E-state index contributed by atoms with van der Waals surface area (Å²) < 4.78 is 28.6. The lowest BCUT2D eigenvalue weighted by Crippen LogP contribution is -2.61. The van der Waals surface area contributed by atoms with Gasteiger partial charge in [0.15, 0.2) is 24.6 Å². The van der Waals surface area contributed by atoms with Crippen molar-refractivity contribution in [2.24, 2.45) is 0 Å². The maximum atomic E-state index is 13.2. The fourth-order valence-corrected chi connectivity index (χ4v) is 11.1. The number of carbonyl (C=O) groups excluding carboxylic acids is 3. The van der Waals surface area contributed by atoms with Crippen LogP contribution in [0.5, 0.6) is 0 Å². The molecule has 1 aliphatic heterocycles. The average Bonchev–Trinajstić information content (AvgIpc) is 3.59. The smallest absolute Gasteiger partial charge is 0.335 e. The minimum absolute atomic E-state index is 0.0673. The number of aliphatic carboxylic acids is 1. The Balaban J connectivity index is 2.61. The molecule has 12 heteroatoms. The molecule has 1 heterocycles. The minimum Gasteiger partial charge on any atom is -0.479 e. The highest BCUT2D eigenvalue weighted by atomic mass is 16.7. The maximum Gasteiger partial charge on any atom is 0.335 e. The van der Waals surface area contributed by atoms with Gasteiger partial charge in [-0.3, -0.25) is 14.4 Å². The highest BCUT2D eigenvalue weighted by Crippen LogP contribution is 2.27. The molecule has 486 valence electrons. The monoisotopic (exact) mass is 1170 g/mol. The molecule has 0 aliphatic carbocycles. The zero-order valence-corrected chi connectivity index (χ0v) is 54.0. The lowest BCUT2D eigenvalue weighted by molar-refractivity contribution is -0.301. The minimum atomic E-state index is -1.90. The number of carbonyl (C=O) groups is 4. The Morgan fingerprint density at radius 1 is 0.398 bits per heavy atom. The number of aliphatic hydroxyl groups excluding tert-OH is 2. The van der Waals surface area contributed by atoms with Gasteiger partial charge in [0.2, 0.25) is 0 Å². The van der Waals surface area contributed by atoms with Crippen LogP contribution in [-0.2, 0) is 42.9 Å². The molecule has 0 aromatic rings. The predicted molar refractivity (Wildman–Crippen MR) is 340 cm³/mol. The van der Waals surface area contributed by atoms with E-state index >= 15 is 0 Å². The van der Waals surface area contributed by atoms with Crippen molar-refractivity contribution in [1.82, 2.24) is 0 Å². The van der Waals surface area contributed by atoms with E-state index in [0.717, 1.165) is 77.0 Å². The molecule has 1 saturated heterocycles. The van der Waals surface area contributed by atoms with E-state index in [9.17, 15) is 34.5 Å². The molecule has 0 aromatic heterocycles. The summed E-state index contributed by atoms with van der Waals surface area (Å²) in [6.45, 7) is 6.05. The lowest BCUT2D eigenvalue weighted by atomic mass is 9.98. The normalized spacial score (nSPS) is 17.6. The second kappa shape index (κ2) is 59.5. The van der Waals surface area contributed by atoms with Crippen molar-refractivity contribution >= 4 is 23.9 Å². The average molecular weight is 1180 g/mol. The quantitative estimate of drug-likeness (QED) is 0.0228. The van der Waals surface area contributed by atoms with Gasteiger partial charge in [0.1, 0.15) is 18.8 Å². The van der Waals surface area contributed by atoms with Gasteiger partial charge >= 0.3 is 23.9 Å². The molecule has 6 unspecified atom stereocenters. The van der Waals surface area contributed by atoms with Crippen molar-refractivity contribution < 1.29 is 58.2 Å². The summed E-state index contributed by atoms with van der Waals surface area (Å²) in [5.74, 6) is -3.08. The van der Waals surface area contributed by atoms with Gasteiger partial charge < -0.3 is 39.0 Å². The summed E-state index contributed by atoms with van der Waals surface area (Å²) in [6.07, 6.45) is 58.4. The number of ether oxygens (including phenoxy) is 5. The molecule has 1 rings (SSSR count). The Bertz CT molecular complexity index is 1530. The van der Waals surface area contributed by atoms with E-state index in [1.165, 1.54) is 218 Å². The molecule has 0 aromatic carbocycles. The van der Waals surface area contributed by atoms with Crippen LogP contribution in [0, 0.1) is 0 Å². The predicted octanol–water partition coefficient (Wildman–Crippen LogP) is 19.4. The molecular formula is C71H130O12. The summed E-state index contributed by atoms with van der Waals surface area (Å²) in [4.78, 5) is 51.5. The van der Waals surface area contributed by atoms with Gasteiger partial charge in [-0.1, -0.05) is 308 Å². The van der Waals surface area contributed by atoms with Crippen molar-refractivity contribution in [3.8, 4) is 0 Å². The fraction of sp³-hybridized carbons (Fsp3) is 0.887. The first-order chi connectivity index (χ1) is 40.6. The number of carboxylic acid groups (broad SMARTS) is 1. The third-order valence-electron chi connectivity index (χ3n) is 16.5. The third-order valence-corrected chi connectivity index (χ3v) is 16.5. The Labute approximate surface area is 508 Å². The van der Waals surface area contributed by atoms with Crippen LogP contribution in [-0.4, -0.2) is 89.2 Å². The van der Waals surface area contributed by atoms with Crippen LogP contribution in [0.2, 0.25) is 0 Å². The number of hydrogen-bond acceptors (Lipinski definition) is 11. The number of rotatable bonds is 62. The summed E-state index contributed by atoms with van der Waals surface area (Å²) in [7, 11) is 0. The molecule has 0 spiro atoms. The van der Waals surface area contributed by atoms with Gasteiger partial charge in [0, 0.05) is 19.3 Å². The van der Waals surface area contributed by atoms with Gasteiger partial charge in [-0.25, -0.2) is 4.79 Å². The highest BCUT2D eigenvalue weighted by molar-refractivity contribution is 5.74. The molecule has 3 N–H and O–H groups in total. The fourth-order valence-electron chi connectivity index (χ4n) is 11.1. The van der Waals surface area contributed by atoms with Crippen molar-refractivity contribution in [3.05, 3.63) is 24.3 Å². The van der Waals surface area contributed by atoms with Crippen LogP contribution in [0.3, 0.4) is 0 Å². The number of aliphatic hydroxyl groups is 2. The Kier molecular flexibility index (Phi) is 56.1. The van der Waals surface area contributed by atoms with Crippen LogP contribution in [0.1, 0.15) is 355 Å². The zero-order valence-electron chi connectivity index (χ0n) is 54.0. The largest absolute Gasteiger partial charge is 0.479 e. The van der Waals surface area contributed by atoms with Crippen molar-refractivity contribution in [2.45, 2.75) is 391 Å². The van der Waals surface area contributed by atoms with Gasteiger partial charge in [-0.05, 0) is 51.4 Å². The first-order valence-electron chi connectivity index (χ1n) is 35.3. The van der Waals surface area contributed by atoms with Crippen LogP contribution in [0.4, 0.5) is 0 Å². The van der Waals surface area contributed by atoms with Gasteiger partial charge in [-0.2, -0.15) is 0 Å².